The lowest BCUT2D eigenvalue weighted by Gasteiger charge is -2.34. The SMILES string of the molecule is C[C@H]1CN(Cc2csc(NC(=O)c3cc(Cl)ccc3O)n2)C[C@H](C)O1. The highest BCUT2D eigenvalue weighted by Gasteiger charge is 2.23. The molecule has 2 aromatic rings. The number of hydrogen-bond acceptors (Lipinski definition) is 6. The Hall–Kier alpha value is -1.67. The highest BCUT2D eigenvalue weighted by molar-refractivity contribution is 7.14. The molecule has 0 radical (unpaired) electrons. The van der Waals surface area contributed by atoms with Gasteiger partial charge in [-0.05, 0) is 32.0 Å². The minimum Gasteiger partial charge on any atom is -0.507 e. The van der Waals surface area contributed by atoms with Crippen molar-refractivity contribution in [2.45, 2.75) is 32.6 Å². The van der Waals surface area contributed by atoms with Crippen LogP contribution >= 0.6 is 22.9 Å². The van der Waals surface area contributed by atoms with E-state index in [9.17, 15) is 9.90 Å². The molecule has 1 saturated heterocycles. The van der Waals surface area contributed by atoms with Gasteiger partial charge in [0.25, 0.3) is 5.91 Å². The Bertz CT molecular complexity index is 757. The summed E-state index contributed by atoms with van der Waals surface area (Å²) in [6.45, 7) is 6.56. The van der Waals surface area contributed by atoms with Gasteiger partial charge in [-0.1, -0.05) is 11.6 Å². The number of halogens is 1. The highest BCUT2D eigenvalue weighted by Crippen LogP contribution is 2.24. The van der Waals surface area contributed by atoms with Gasteiger partial charge < -0.3 is 9.84 Å². The summed E-state index contributed by atoms with van der Waals surface area (Å²) in [6, 6.07) is 4.35. The Morgan fingerprint density at radius 3 is 2.88 bits per heavy atom. The number of aromatic nitrogens is 1. The molecule has 1 aliphatic rings. The Morgan fingerprint density at radius 1 is 1.44 bits per heavy atom. The number of phenols is 1. The first-order chi connectivity index (χ1) is 11.9. The maximum Gasteiger partial charge on any atom is 0.261 e. The summed E-state index contributed by atoms with van der Waals surface area (Å²) in [5.74, 6) is -0.551. The van der Waals surface area contributed by atoms with Crippen LogP contribution in [0, 0.1) is 0 Å². The minimum atomic E-state index is -0.436. The van der Waals surface area contributed by atoms with E-state index in [-0.39, 0.29) is 23.5 Å². The number of hydrogen-bond donors (Lipinski definition) is 2. The lowest BCUT2D eigenvalue weighted by Crippen LogP contribution is -2.44. The van der Waals surface area contributed by atoms with Crippen LogP contribution in [0.4, 0.5) is 5.13 Å². The maximum atomic E-state index is 12.3. The van der Waals surface area contributed by atoms with E-state index < -0.39 is 5.91 Å². The number of nitrogens with zero attached hydrogens (tertiary/aromatic N) is 2. The molecular weight excluding hydrogens is 362 g/mol. The monoisotopic (exact) mass is 381 g/mol. The van der Waals surface area contributed by atoms with Crippen molar-refractivity contribution in [3.05, 3.63) is 39.9 Å². The lowest BCUT2D eigenvalue weighted by atomic mass is 10.2. The van der Waals surface area contributed by atoms with Crippen molar-refractivity contribution in [1.82, 2.24) is 9.88 Å². The van der Waals surface area contributed by atoms with E-state index in [1.54, 1.807) is 0 Å². The zero-order valence-electron chi connectivity index (χ0n) is 14.0. The number of thiazole rings is 1. The number of phenolic OH excluding ortho intramolecular Hbond substituents is 1. The van der Waals surface area contributed by atoms with Crippen molar-refractivity contribution < 1.29 is 14.6 Å². The molecule has 6 nitrogen and oxygen atoms in total. The fourth-order valence-electron chi connectivity index (χ4n) is 2.93. The first-order valence-corrected chi connectivity index (χ1v) is 9.28. The van der Waals surface area contributed by atoms with E-state index in [1.807, 2.05) is 5.38 Å². The van der Waals surface area contributed by atoms with Crippen LogP contribution in [-0.2, 0) is 11.3 Å². The van der Waals surface area contributed by atoms with Crippen molar-refractivity contribution in [2.75, 3.05) is 18.4 Å². The Morgan fingerprint density at radius 2 is 2.16 bits per heavy atom. The minimum absolute atomic E-state index is 0.116. The number of anilines is 1. The van der Waals surface area contributed by atoms with E-state index in [4.69, 9.17) is 16.3 Å². The number of nitrogens with one attached hydrogen (secondary N) is 1. The van der Waals surface area contributed by atoms with Gasteiger partial charge in [0.1, 0.15) is 5.75 Å². The standard InChI is InChI=1S/C17H20ClN3O3S/c1-10-6-21(7-11(2)24-10)8-13-9-25-17(19-13)20-16(23)14-5-12(18)3-4-15(14)22/h3-5,9-11,22H,6-8H2,1-2H3,(H,19,20,23)/t10-,11-/m0/s1. The quantitative estimate of drug-likeness (QED) is 0.849. The molecule has 0 saturated carbocycles. The third kappa shape index (κ3) is 4.70. The molecule has 1 amide bonds. The normalized spacial score (nSPS) is 21.2. The molecule has 25 heavy (non-hydrogen) atoms. The number of carbonyl (C=O) groups excluding carboxylic acids is 1. The van der Waals surface area contributed by atoms with Gasteiger partial charge in [0, 0.05) is 30.0 Å². The van der Waals surface area contributed by atoms with Crippen LogP contribution in [0.5, 0.6) is 5.75 Å². The second-order valence-electron chi connectivity index (χ2n) is 6.21. The predicted molar refractivity (Wildman–Crippen MR) is 98.5 cm³/mol. The predicted octanol–water partition coefficient (Wildman–Crippen LogP) is 3.36. The highest BCUT2D eigenvalue weighted by atomic mass is 35.5. The van der Waals surface area contributed by atoms with E-state index in [2.05, 4.69) is 29.0 Å². The number of morpholine rings is 1. The third-order valence-corrected chi connectivity index (χ3v) is 4.90. The summed E-state index contributed by atoms with van der Waals surface area (Å²) in [7, 11) is 0. The Labute approximate surface area is 155 Å². The second-order valence-corrected chi connectivity index (χ2v) is 7.51. The maximum absolute atomic E-state index is 12.3. The van der Waals surface area contributed by atoms with Crippen molar-refractivity contribution in [3.8, 4) is 5.75 Å². The molecule has 0 bridgehead atoms. The topological polar surface area (TPSA) is 74.7 Å². The smallest absolute Gasteiger partial charge is 0.261 e. The number of benzene rings is 1. The van der Waals surface area contributed by atoms with Gasteiger partial charge in [-0.15, -0.1) is 11.3 Å². The summed E-state index contributed by atoms with van der Waals surface area (Å²) in [5, 5.41) is 15.3. The summed E-state index contributed by atoms with van der Waals surface area (Å²) in [5.41, 5.74) is 1.02. The van der Waals surface area contributed by atoms with Crippen LogP contribution in [-0.4, -0.2) is 46.2 Å². The van der Waals surface area contributed by atoms with Crippen LogP contribution in [0.3, 0.4) is 0 Å². The van der Waals surface area contributed by atoms with Crippen LogP contribution in [0.15, 0.2) is 23.6 Å². The van der Waals surface area contributed by atoms with Gasteiger partial charge in [-0.3, -0.25) is 15.0 Å². The number of ether oxygens (including phenoxy) is 1. The molecule has 134 valence electrons. The van der Waals surface area contributed by atoms with Crippen LogP contribution in [0.1, 0.15) is 29.9 Å². The zero-order valence-corrected chi connectivity index (χ0v) is 15.6. The summed E-state index contributed by atoms with van der Waals surface area (Å²) in [4.78, 5) is 19.0. The number of amides is 1. The van der Waals surface area contributed by atoms with Gasteiger partial charge in [-0.2, -0.15) is 0 Å². The van der Waals surface area contributed by atoms with Crippen molar-refractivity contribution >= 4 is 34.0 Å². The molecular formula is C17H20ClN3O3S. The largest absolute Gasteiger partial charge is 0.507 e. The molecule has 0 unspecified atom stereocenters. The molecule has 0 spiro atoms. The van der Waals surface area contributed by atoms with Crippen molar-refractivity contribution in [1.29, 1.82) is 0 Å². The number of aromatic hydroxyl groups is 1. The van der Waals surface area contributed by atoms with Crippen LogP contribution in [0.2, 0.25) is 5.02 Å². The van der Waals surface area contributed by atoms with Crippen LogP contribution < -0.4 is 5.32 Å². The Kier molecular flexibility index (Phi) is 5.58. The molecule has 8 heteroatoms. The lowest BCUT2D eigenvalue weighted by molar-refractivity contribution is -0.0707. The summed E-state index contributed by atoms with van der Waals surface area (Å²) < 4.78 is 5.73. The van der Waals surface area contributed by atoms with E-state index in [1.165, 1.54) is 29.5 Å². The molecule has 1 aromatic heterocycles. The molecule has 1 aliphatic heterocycles. The Balaban J connectivity index is 1.63. The molecule has 3 rings (SSSR count). The van der Waals surface area contributed by atoms with Crippen molar-refractivity contribution in [3.63, 3.8) is 0 Å². The molecule has 0 aliphatic carbocycles. The summed E-state index contributed by atoms with van der Waals surface area (Å²) in [6.07, 6.45) is 0.403. The zero-order chi connectivity index (χ0) is 18.0. The van der Waals surface area contributed by atoms with E-state index in [0.717, 1.165) is 18.8 Å². The molecule has 1 fully saturated rings. The molecule has 2 atom stereocenters. The molecule has 1 aromatic carbocycles. The fraction of sp³-hybridized carbons (Fsp3) is 0.412. The van der Waals surface area contributed by atoms with Gasteiger partial charge in [-0.25, -0.2) is 4.98 Å². The van der Waals surface area contributed by atoms with E-state index >= 15 is 0 Å². The van der Waals surface area contributed by atoms with Crippen LogP contribution in [0.25, 0.3) is 0 Å². The fourth-order valence-corrected chi connectivity index (χ4v) is 3.80. The summed E-state index contributed by atoms with van der Waals surface area (Å²) >= 11 is 7.24. The first kappa shape index (κ1) is 18.1. The van der Waals surface area contributed by atoms with Crippen molar-refractivity contribution in [2.24, 2.45) is 0 Å². The van der Waals surface area contributed by atoms with Gasteiger partial charge >= 0.3 is 0 Å². The average Bonchev–Trinajstić information content (AvgIpc) is 2.95. The average molecular weight is 382 g/mol. The number of carbonyl (C=O) groups is 1. The third-order valence-electron chi connectivity index (χ3n) is 3.86. The number of rotatable bonds is 4. The molecule has 2 N–H and O–H groups in total. The van der Waals surface area contributed by atoms with Gasteiger partial charge in [0.05, 0.1) is 23.5 Å². The van der Waals surface area contributed by atoms with E-state index in [0.29, 0.717) is 16.7 Å². The van der Waals surface area contributed by atoms with Gasteiger partial charge in [0.15, 0.2) is 5.13 Å². The van der Waals surface area contributed by atoms with Gasteiger partial charge in [0.2, 0.25) is 0 Å². The molecule has 2 heterocycles. The first-order valence-electron chi connectivity index (χ1n) is 8.03. The second kappa shape index (κ2) is 7.70.